The average molecular weight is 216 g/mol. The summed E-state index contributed by atoms with van der Waals surface area (Å²) in [4.78, 5) is 9.44. The number of hydrogen-bond donors (Lipinski definition) is 0. The Morgan fingerprint density at radius 1 is 0.933 bits per heavy atom. The molecule has 92 valence electrons. The minimum absolute atomic E-state index is 0.0273. The van der Waals surface area contributed by atoms with E-state index < -0.39 is 0 Å². The van der Waals surface area contributed by atoms with E-state index in [0.29, 0.717) is 0 Å². The summed E-state index contributed by atoms with van der Waals surface area (Å²) < 4.78 is 5.92. The van der Waals surface area contributed by atoms with Crippen molar-refractivity contribution in [1.82, 2.24) is 0 Å². The highest BCUT2D eigenvalue weighted by atomic mass is 16.5. The zero-order chi connectivity index (χ0) is 12.7. The van der Waals surface area contributed by atoms with Gasteiger partial charge in [0.05, 0.1) is 11.2 Å². The van der Waals surface area contributed by atoms with Crippen LogP contribution in [0, 0.1) is 0 Å². The Morgan fingerprint density at radius 3 is 1.27 bits per heavy atom. The Labute approximate surface area is 95.4 Å². The maximum absolute atomic E-state index is 9.44. The molecule has 0 aliphatic rings. The molecule has 0 rings (SSSR count). The summed E-state index contributed by atoms with van der Waals surface area (Å²) in [6.07, 6.45) is 2.13. The molecule has 0 amide bonds. The smallest absolute Gasteiger partial charge is 0.126 e. The molecule has 0 bridgehead atoms. The molecule has 0 atom stereocenters. The SMILES string of the molecule is CC(C)=O.CCC(C)(C)OC(C)(C)CC. The van der Waals surface area contributed by atoms with Gasteiger partial charge in [-0.1, -0.05) is 13.8 Å². The second-order valence-electron chi connectivity index (χ2n) is 5.24. The summed E-state index contributed by atoms with van der Waals surface area (Å²) in [6.45, 7) is 15.9. The number of ether oxygens (including phenoxy) is 1. The van der Waals surface area contributed by atoms with E-state index in [4.69, 9.17) is 4.74 Å². The van der Waals surface area contributed by atoms with Crippen molar-refractivity contribution >= 4 is 5.78 Å². The van der Waals surface area contributed by atoms with Gasteiger partial charge in [-0.15, -0.1) is 0 Å². The van der Waals surface area contributed by atoms with E-state index >= 15 is 0 Å². The fourth-order valence-corrected chi connectivity index (χ4v) is 0.892. The van der Waals surface area contributed by atoms with Gasteiger partial charge in [-0.25, -0.2) is 0 Å². The predicted molar refractivity (Wildman–Crippen MR) is 66.2 cm³/mol. The lowest BCUT2D eigenvalue weighted by Crippen LogP contribution is -2.35. The van der Waals surface area contributed by atoms with Gasteiger partial charge >= 0.3 is 0 Å². The fourth-order valence-electron chi connectivity index (χ4n) is 0.892. The quantitative estimate of drug-likeness (QED) is 0.710. The van der Waals surface area contributed by atoms with Crippen LogP contribution >= 0.6 is 0 Å². The van der Waals surface area contributed by atoms with E-state index in [2.05, 4.69) is 41.5 Å². The van der Waals surface area contributed by atoms with Gasteiger partial charge in [-0.2, -0.15) is 0 Å². The molecule has 0 aromatic rings. The number of rotatable bonds is 4. The molecule has 0 aromatic heterocycles. The Bertz CT molecular complexity index is 163. The zero-order valence-corrected chi connectivity index (χ0v) is 11.7. The molecular weight excluding hydrogens is 188 g/mol. The van der Waals surface area contributed by atoms with Gasteiger partial charge < -0.3 is 9.53 Å². The summed E-state index contributed by atoms with van der Waals surface area (Å²) >= 11 is 0. The van der Waals surface area contributed by atoms with Crippen LogP contribution < -0.4 is 0 Å². The van der Waals surface area contributed by atoms with Crippen molar-refractivity contribution in [3.8, 4) is 0 Å². The molecule has 0 aliphatic heterocycles. The molecule has 2 heteroatoms. The zero-order valence-electron chi connectivity index (χ0n) is 11.7. The summed E-state index contributed by atoms with van der Waals surface area (Å²) in [5.74, 6) is 0.167. The molecular formula is C13H28O2. The third-order valence-electron chi connectivity index (χ3n) is 2.26. The second-order valence-corrected chi connectivity index (χ2v) is 5.24. The monoisotopic (exact) mass is 216 g/mol. The molecule has 0 aromatic carbocycles. The first-order chi connectivity index (χ1) is 6.56. The van der Waals surface area contributed by atoms with E-state index in [-0.39, 0.29) is 17.0 Å². The first kappa shape index (κ1) is 17.0. The first-order valence-corrected chi connectivity index (χ1v) is 5.73. The van der Waals surface area contributed by atoms with E-state index in [1.165, 1.54) is 13.8 Å². The first-order valence-electron chi connectivity index (χ1n) is 5.73. The van der Waals surface area contributed by atoms with Crippen molar-refractivity contribution in [2.45, 2.75) is 79.4 Å². The molecule has 0 aliphatic carbocycles. The molecule has 0 spiro atoms. The summed E-state index contributed by atoms with van der Waals surface area (Å²) in [7, 11) is 0. The third kappa shape index (κ3) is 13.6. The maximum atomic E-state index is 9.44. The van der Waals surface area contributed by atoms with Crippen LogP contribution in [0.25, 0.3) is 0 Å². The number of hydrogen-bond acceptors (Lipinski definition) is 2. The Morgan fingerprint density at radius 2 is 1.13 bits per heavy atom. The highest BCUT2D eigenvalue weighted by Crippen LogP contribution is 2.24. The van der Waals surface area contributed by atoms with Crippen LogP contribution in [0.5, 0.6) is 0 Å². The van der Waals surface area contributed by atoms with Crippen LogP contribution in [0.15, 0.2) is 0 Å². The molecule has 0 saturated heterocycles. The maximum Gasteiger partial charge on any atom is 0.126 e. The second kappa shape index (κ2) is 7.00. The van der Waals surface area contributed by atoms with Gasteiger partial charge in [0.25, 0.3) is 0 Å². The number of ketones is 1. The minimum atomic E-state index is 0.0273. The van der Waals surface area contributed by atoms with Crippen LogP contribution in [-0.2, 0) is 9.53 Å². The number of Topliss-reactive ketones (excluding diaryl/α,β-unsaturated/α-hetero) is 1. The van der Waals surface area contributed by atoms with E-state index in [0.717, 1.165) is 12.8 Å². The average Bonchev–Trinajstić information content (AvgIpc) is 2.02. The number of carbonyl (C=O) groups is 1. The Balaban J connectivity index is 0. The minimum Gasteiger partial charge on any atom is -0.370 e. The summed E-state index contributed by atoms with van der Waals surface area (Å²) in [5.41, 5.74) is 0.0546. The normalized spacial score (nSPS) is 11.7. The lowest BCUT2D eigenvalue weighted by Gasteiger charge is -2.34. The molecule has 2 nitrogen and oxygen atoms in total. The van der Waals surface area contributed by atoms with Crippen LogP contribution in [0.2, 0.25) is 0 Å². The van der Waals surface area contributed by atoms with Gasteiger partial charge in [-0.3, -0.25) is 0 Å². The van der Waals surface area contributed by atoms with Crippen molar-refractivity contribution in [2.24, 2.45) is 0 Å². The Kier molecular flexibility index (Phi) is 7.95. The lowest BCUT2D eigenvalue weighted by molar-refractivity contribution is -0.124. The van der Waals surface area contributed by atoms with Gasteiger partial charge in [0.1, 0.15) is 5.78 Å². The van der Waals surface area contributed by atoms with Gasteiger partial charge in [0.15, 0.2) is 0 Å². The van der Waals surface area contributed by atoms with E-state index in [9.17, 15) is 4.79 Å². The van der Waals surface area contributed by atoms with Crippen molar-refractivity contribution in [1.29, 1.82) is 0 Å². The lowest BCUT2D eigenvalue weighted by atomic mass is 10.0. The highest BCUT2D eigenvalue weighted by molar-refractivity contribution is 5.72. The topological polar surface area (TPSA) is 26.3 Å². The van der Waals surface area contributed by atoms with E-state index in [1.807, 2.05) is 0 Å². The Hall–Kier alpha value is -0.370. The molecule has 0 N–H and O–H groups in total. The molecule has 0 radical (unpaired) electrons. The molecule has 0 saturated carbocycles. The van der Waals surface area contributed by atoms with E-state index in [1.54, 1.807) is 0 Å². The largest absolute Gasteiger partial charge is 0.370 e. The van der Waals surface area contributed by atoms with Crippen LogP contribution in [-0.4, -0.2) is 17.0 Å². The summed E-state index contributed by atoms with van der Waals surface area (Å²) in [5, 5.41) is 0. The van der Waals surface area contributed by atoms with Crippen LogP contribution in [0.4, 0.5) is 0 Å². The van der Waals surface area contributed by atoms with Gasteiger partial charge in [0, 0.05) is 0 Å². The summed E-state index contributed by atoms with van der Waals surface area (Å²) in [6, 6.07) is 0. The van der Waals surface area contributed by atoms with Crippen molar-refractivity contribution in [2.75, 3.05) is 0 Å². The molecule has 0 fully saturated rings. The highest BCUT2D eigenvalue weighted by Gasteiger charge is 2.25. The predicted octanol–water partition coefficient (Wildman–Crippen LogP) is 3.98. The van der Waals surface area contributed by atoms with Crippen molar-refractivity contribution in [3.63, 3.8) is 0 Å². The third-order valence-corrected chi connectivity index (χ3v) is 2.26. The molecule has 0 heterocycles. The van der Waals surface area contributed by atoms with Gasteiger partial charge in [0.2, 0.25) is 0 Å². The van der Waals surface area contributed by atoms with Crippen molar-refractivity contribution < 1.29 is 9.53 Å². The van der Waals surface area contributed by atoms with Gasteiger partial charge in [-0.05, 0) is 54.4 Å². The fraction of sp³-hybridized carbons (Fsp3) is 0.923. The molecule has 0 unspecified atom stereocenters. The van der Waals surface area contributed by atoms with Crippen LogP contribution in [0.1, 0.15) is 68.2 Å². The van der Waals surface area contributed by atoms with Crippen molar-refractivity contribution in [3.05, 3.63) is 0 Å². The number of carbonyl (C=O) groups excluding carboxylic acids is 1. The van der Waals surface area contributed by atoms with Crippen LogP contribution in [0.3, 0.4) is 0 Å². The standard InChI is InChI=1S/C10H22O.C3H6O/c1-7-9(3,4)11-10(5,6)8-2;1-3(2)4/h7-8H2,1-6H3;1-2H3. The molecule has 15 heavy (non-hydrogen) atoms.